The van der Waals surface area contributed by atoms with Gasteiger partial charge in [0.1, 0.15) is 23.6 Å². The van der Waals surface area contributed by atoms with E-state index in [1.54, 1.807) is 0 Å². The first-order valence-electron chi connectivity index (χ1n) is 17.1. The molecule has 0 unspecified atom stereocenters. The molecule has 3 rings (SSSR count). The largest absolute Gasteiger partial charge is 0.494 e. The molecule has 0 fully saturated rings. The maximum Gasteiger partial charge on any atom is 0.119 e. The van der Waals surface area contributed by atoms with Crippen molar-refractivity contribution in [1.29, 1.82) is 10.5 Å². The maximum atomic E-state index is 9.72. The SMILES string of the molecule is CCCCCCCCCCOc1ccc(-c2cc(C#N)c(C#N)cc2-c2ccc(OCCCCCCCCCC)cc2)cc1. The van der Waals surface area contributed by atoms with Gasteiger partial charge >= 0.3 is 0 Å². The van der Waals surface area contributed by atoms with E-state index in [0.717, 1.165) is 59.8 Å². The molecule has 0 atom stereocenters. The van der Waals surface area contributed by atoms with Gasteiger partial charge in [-0.1, -0.05) is 128 Å². The Labute approximate surface area is 267 Å². The molecule has 44 heavy (non-hydrogen) atoms. The quantitative estimate of drug-likeness (QED) is 0.109. The zero-order chi connectivity index (χ0) is 31.2. The summed E-state index contributed by atoms with van der Waals surface area (Å²) in [6.07, 6.45) is 20.4. The molecule has 3 aromatic carbocycles. The highest BCUT2D eigenvalue weighted by Crippen LogP contribution is 2.36. The van der Waals surface area contributed by atoms with Crippen LogP contribution < -0.4 is 9.47 Å². The van der Waals surface area contributed by atoms with Crippen LogP contribution in [0.5, 0.6) is 11.5 Å². The lowest BCUT2D eigenvalue weighted by molar-refractivity contribution is 0.304. The average Bonchev–Trinajstić information content (AvgIpc) is 3.06. The van der Waals surface area contributed by atoms with Crippen molar-refractivity contribution in [2.75, 3.05) is 13.2 Å². The Morgan fingerprint density at radius 2 is 0.773 bits per heavy atom. The van der Waals surface area contributed by atoms with E-state index in [9.17, 15) is 10.5 Å². The monoisotopic (exact) mass is 592 g/mol. The van der Waals surface area contributed by atoms with E-state index in [1.807, 2.05) is 60.7 Å². The molecule has 0 aliphatic carbocycles. The number of rotatable bonds is 22. The first-order chi connectivity index (χ1) is 21.7. The van der Waals surface area contributed by atoms with Crippen LogP contribution in [0.1, 0.15) is 128 Å². The van der Waals surface area contributed by atoms with Crippen LogP contribution in [0.2, 0.25) is 0 Å². The summed E-state index contributed by atoms with van der Waals surface area (Å²) in [5.41, 5.74) is 4.56. The molecule has 0 bridgehead atoms. The minimum Gasteiger partial charge on any atom is -0.494 e. The van der Waals surface area contributed by atoms with Gasteiger partial charge in [-0.2, -0.15) is 10.5 Å². The molecular formula is C40H52N2O2. The van der Waals surface area contributed by atoms with Gasteiger partial charge in [0.05, 0.1) is 24.3 Å². The fourth-order valence-electron chi connectivity index (χ4n) is 5.58. The molecule has 0 amide bonds. The second kappa shape index (κ2) is 21.0. The normalized spacial score (nSPS) is 10.7. The van der Waals surface area contributed by atoms with Crippen LogP contribution in [0, 0.1) is 22.7 Å². The number of hydrogen-bond donors (Lipinski definition) is 0. The van der Waals surface area contributed by atoms with Gasteiger partial charge in [-0.25, -0.2) is 0 Å². The number of benzene rings is 3. The molecule has 0 saturated carbocycles. The van der Waals surface area contributed by atoms with Crippen LogP contribution in [0.3, 0.4) is 0 Å². The molecule has 234 valence electrons. The fourth-order valence-corrected chi connectivity index (χ4v) is 5.58. The summed E-state index contributed by atoms with van der Waals surface area (Å²) in [6, 6.07) is 24.2. The van der Waals surface area contributed by atoms with Crippen molar-refractivity contribution in [2.45, 2.75) is 117 Å². The van der Waals surface area contributed by atoms with E-state index in [1.165, 1.54) is 89.9 Å². The highest BCUT2D eigenvalue weighted by Gasteiger charge is 2.14. The average molecular weight is 593 g/mol. The molecule has 3 aromatic rings. The van der Waals surface area contributed by atoms with Crippen LogP contribution >= 0.6 is 0 Å². The molecule has 0 N–H and O–H groups in total. The summed E-state index contributed by atoms with van der Waals surface area (Å²) in [6.45, 7) is 5.96. The highest BCUT2D eigenvalue weighted by atomic mass is 16.5. The van der Waals surface area contributed by atoms with Crippen molar-refractivity contribution in [3.8, 4) is 45.9 Å². The molecule has 0 radical (unpaired) electrons. The predicted octanol–water partition coefficient (Wildman–Crippen LogP) is 11.8. The van der Waals surface area contributed by atoms with E-state index < -0.39 is 0 Å². The zero-order valence-electron chi connectivity index (χ0n) is 27.2. The minimum atomic E-state index is 0.381. The summed E-state index contributed by atoms with van der Waals surface area (Å²) in [5, 5.41) is 19.4. The van der Waals surface area contributed by atoms with Gasteiger partial charge in [0.2, 0.25) is 0 Å². The fraction of sp³-hybridized carbons (Fsp3) is 0.500. The van der Waals surface area contributed by atoms with E-state index in [4.69, 9.17) is 9.47 Å². The predicted molar refractivity (Wildman–Crippen MR) is 183 cm³/mol. The van der Waals surface area contributed by atoms with Gasteiger partial charge < -0.3 is 9.47 Å². The van der Waals surface area contributed by atoms with E-state index in [0.29, 0.717) is 11.1 Å². The van der Waals surface area contributed by atoms with Crippen molar-refractivity contribution < 1.29 is 9.47 Å². The smallest absolute Gasteiger partial charge is 0.119 e. The second-order valence-corrected chi connectivity index (χ2v) is 11.9. The van der Waals surface area contributed by atoms with Gasteiger partial charge in [0.25, 0.3) is 0 Å². The van der Waals surface area contributed by atoms with Crippen molar-refractivity contribution in [2.24, 2.45) is 0 Å². The van der Waals surface area contributed by atoms with E-state index >= 15 is 0 Å². The molecule has 0 spiro atoms. The molecule has 4 nitrogen and oxygen atoms in total. The Morgan fingerprint density at radius 1 is 0.455 bits per heavy atom. The van der Waals surface area contributed by atoms with Crippen molar-refractivity contribution in [1.82, 2.24) is 0 Å². The van der Waals surface area contributed by atoms with Crippen molar-refractivity contribution >= 4 is 0 Å². The molecular weight excluding hydrogens is 540 g/mol. The standard InChI is InChI=1S/C40H52N2O2/c1-3-5-7-9-11-13-15-17-27-43-37-23-19-33(20-24-37)39-29-35(31-41)36(32-42)30-40(39)34-21-25-38(26-22-34)44-28-18-16-14-12-10-8-6-4-2/h19-26,29-30H,3-18,27-28H2,1-2H3. The lowest BCUT2D eigenvalue weighted by atomic mass is 9.90. The number of unbranched alkanes of at least 4 members (excludes halogenated alkanes) is 14. The third kappa shape index (κ3) is 12.1. The van der Waals surface area contributed by atoms with Gasteiger partial charge in [0, 0.05) is 0 Å². The Kier molecular flexibility index (Phi) is 16.6. The molecule has 0 heterocycles. The molecule has 4 heteroatoms. The van der Waals surface area contributed by atoms with Crippen LogP contribution in [-0.4, -0.2) is 13.2 Å². The highest BCUT2D eigenvalue weighted by molar-refractivity contribution is 5.86. The van der Waals surface area contributed by atoms with Gasteiger partial charge in [-0.05, 0) is 71.5 Å². The molecule has 0 aliphatic rings. The van der Waals surface area contributed by atoms with Crippen molar-refractivity contribution in [3.05, 3.63) is 71.8 Å². The molecule has 0 aliphatic heterocycles. The van der Waals surface area contributed by atoms with E-state index in [2.05, 4.69) is 26.0 Å². The summed E-state index contributed by atoms with van der Waals surface area (Å²) in [4.78, 5) is 0. The van der Waals surface area contributed by atoms with Gasteiger partial charge in [-0.3, -0.25) is 0 Å². The van der Waals surface area contributed by atoms with Crippen LogP contribution in [0.15, 0.2) is 60.7 Å². The number of nitriles is 2. The third-order valence-electron chi connectivity index (χ3n) is 8.26. The Hall–Kier alpha value is -3.76. The van der Waals surface area contributed by atoms with Crippen LogP contribution in [0.4, 0.5) is 0 Å². The van der Waals surface area contributed by atoms with Crippen LogP contribution in [-0.2, 0) is 0 Å². The summed E-state index contributed by atoms with van der Waals surface area (Å²) >= 11 is 0. The van der Waals surface area contributed by atoms with Crippen LogP contribution in [0.25, 0.3) is 22.3 Å². The maximum absolute atomic E-state index is 9.72. The summed E-state index contributed by atoms with van der Waals surface area (Å²) in [5.74, 6) is 1.70. The number of hydrogen-bond acceptors (Lipinski definition) is 4. The zero-order valence-corrected chi connectivity index (χ0v) is 27.2. The van der Waals surface area contributed by atoms with Gasteiger partial charge in [0.15, 0.2) is 0 Å². The lowest BCUT2D eigenvalue weighted by Gasteiger charge is -2.14. The first kappa shape index (κ1) is 34.7. The molecule has 0 aromatic heterocycles. The third-order valence-corrected chi connectivity index (χ3v) is 8.26. The second-order valence-electron chi connectivity index (χ2n) is 11.9. The Bertz CT molecular complexity index is 1200. The first-order valence-corrected chi connectivity index (χ1v) is 17.1. The molecule has 0 saturated heterocycles. The number of ether oxygens (including phenoxy) is 2. The van der Waals surface area contributed by atoms with Gasteiger partial charge in [-0.15, -0.1) is 0 Å². The van der Waals surface area contributed by atoms with E-state index in [-0.39, 0.29) is 0 Å². The lowest BCUT2D eigenvalue weighted by Crippen LogP contribution is -1.98. The minimum absolute atomic E-state index is 0.381. The Morgan fingerprint density at radius 3 is 1.09 bits per heavy atom. The van der Waals surface area contributed by atoms with Crippen molar-refractivity contribution in [3.63, 3.8) is 0 Å². The number of nitrogens with zero attached hydrogens (tertiary/aromatic N) is 2. The topological polar surface area (TPSA) is 66.0 Å². The Balaban J connectivity index is 1.58. The summed E-state index contributed by atoms with van der Waals surface area (Å²) < 4.78 is 12.0. The summed E-state index contributed by atoms with van der Waals surface area (Å²) in [7, 11) is 0.